The maximum absolute atomic E-state index is 14.5. The Bertz CT molecular complexity index is 3360. The van der Waals surface area contributed by atoms with E-state index in [0.717, 1.165) is 28.4 Å². The summed E-state index contributed by atoms with van der Waals surface area (Å²) in [6.45, 7) is 24.7. The zero-order valence-electron chi connectivity index (χ0n) is 70.8. The zero-order chi connectivity index (χ0) is 86.8. The van der Waals surface area contributed by atoms with Gasteiger partial charge in [-0.3, -0.25) is 67.3 Å². The van der Waals surface area contributed by atoms with Gasteiger partial charge in [-0.2, -0.15) is 0 Å². The molecular formula is C80H131N11O25S. The van der Waals surface area contributed by atoms with E-state index in [-0.39, 0.29) is 130 Å². The molecule has 10 amide bonds. The molecule has 1 aromatic carbocycles. The number of rotatable bonds is 66. The van der Waals surface area contributed by atoms with Gasteiger partial charge in [-0.1, -0.05) is 67.9 Å². The lowest BCUT2D eigenvalue weighted by molar-refractivity contribution is -0.149. The number of nitrogens with one attached hydrogen (secondary N) is 7. The first kappa shape index (κ1) is 103. The average molecular weight is 1680 g/mol. The minimum Gasteiger partial charge on any atom is -0.506 e. The van der Waals surface area contributed by atoms with Gasteiger partial charge in [-0.15, -0.1) is 11.3 Å². The Balaban J connectivity index is 1.54. The van der Waals surface area contributed by atoms with Crippen LogP contribution in [-0.2, 0) is 111 Å². The van der Waals surface area contributed by atoms with E-state index < -0.39 is 114 Å². The number of carbonyl (C=O) groups is 12. The number of benzene rings is 1. The number of ether oxygens (including phenoxy) is 11. The molecule has 9 atom stereocenters. The molecule has 662 valence electrons. The third kappa shape index (κ3) is 41.8. The number of phenols is 1. The highest BCUT2D eigenvalue weighted by molar-refractivity contribution is 7.09. The van der Waals surface area contributed by atoms with Crippen LogP contribution in [0, 0.1) is 23.7 Å². The second-order valence-electron chi connectivity index (χ2n) is 29.5. The Hall–Kier alpha value is -8.21. The van der Waals surface area contributed by atoms with Crippen molar-refractivity contribution in [2.45, 2.75) is 182 Å². The number of carboxylic acids is 1. The highest BCUT2D eigenvalue weighted by atomic mass is 32.1. The van der Waals surface area contributed by atoms with Gasteiger partial charge in [0.05, 0.1) is 131 Å². The monoisotopic (exact) mass is 1680 g/mol. The summed E-state index contributed by atoms with van der Waals surface area (Å²) >= 11 is 1.05. The number of aliphatic carboxylic acids is 1. The van der Waals surface area contributed by atoms with Crippen molar-refractivity contribution in [3.8, 4) is 5.75 Å². The standard InChI is InChI=1S/C80H131N11O25S/c1-15-55(8)72(88-78(104)73(54(6)7)89(11)12)80(105)90(13)63(52(2)3)49-65(116-57(10)92)79-86-62(51-117-79)76(102)83-59(22-26-70(98)99)47-58-21-23-64(93)61(48-58)85-74(100)56(9)82-77(103)71(53(4)5)87-75(101)60(84-66(94)20-18-28-91-68(96)24-25-69(91)97)19-16-17-27-81-67(95)50-115-46-45-114-44-43-113-42-41-112-40-39-111-38-37-110-36-35-109-34-33-108-32-31-107-30-29-106-14/h21,23-25,48,51-56,59-60,63,65,71-73,93H,15-20,22,26-47,49-50H2,1-14H3,(H,81,95)(H,82,103)(H,83,102)(H,84,94)(H,85,100)(H,87,101)(H,88,104)(H,98,99)/t55-,56-,59+,60-,63+,65+,71-,72-,73-/m0/s1. The highest BCUT2D eigenvalue weighted by Crippen LogP contribution is 2.32. The van der Waals surface area contributed by atoms with Gasteiger partial charge in [0.1, 0.15) is 47.2 Å². The number of aromatic hydroxyl groups is 1. The van der Waals surface area contributed by atoms with Crippen molar-refractivity contribution in [1.29, 1.82) is 0 Å². The van der Waals surface area contributed by atoms with Crippen LogP contribution in [0.4, 0.5) is 5.69 Å². The average Bonchev–Trinajstić information content (AvgIpc) is 1.57. The van der Waals surface area contributed by atoms with E-state index in [4.69, 9.17) is 52.1 Å². The summed E-state index contributed by atoms with van der Waals surface area (Å²) in [5, 5.41) is 41.7. The van der Waals surface area contributed by atoms with Crippen LogP contribution >= 0.6 is 11.3 Å². The Morgan fingerprint density at radius 3 is 1.62 bits per heavy atom. The summed E-state index contributed by atoms with van der Waals surface area (Å²) in [6, 6.07) is -2.29. The van der Waals surface area contributed by atoms with Crippen LogP contribution in [0.5, 0.6) is 5.75 Å². The van der Waals surface area contributed by atoms with Crippen molar-refractivity contribution in [3.63, 3.8) is 0 Å². The van der Waals surface area contributed by atoms with Crippen molar-refractivity contribution in [2.24, 2.45) is 23.7 Å². The number of carbonyl (C=O) groups excluding carboxylic acids is 11. The van der Waals surface area contributed by atoms with Crippen molar-refractivity contribution < 1.29 is 120 Å². The molecule has 3 rings (SSSR count). The van der Waals surface area contributed by atoms with Crippen LogP contribution in [0.3, 0.4) is 0 Å². The number of likely N-dealkylation sites (N-methyl/N-ethyl adjacent to an activating group) is 2. The topological polar surface area (TPSA) is 454 Å². The van der Waals surface area contributed by atoms with Crippen molar-refractivity contribution in [3.05, 3.63) is 52.0 Å². The summed E-state index contributed by atoms with van der Waals surface area (Å²) in [5.74, 6) is -8.81. The summed E-state index contributed by atoms with van der Waals surface area (Å²) < 4.78 is 60.0. The lowest BCUT2D eigenvalue weighted by atomic mass is 9.92. The number of thiazole rings is 1. The van der Waals surface area contributed by atoms with E-state index in [1.165, 1.54) is 37.4 Å². The lowest BCUT2D eigenvalue weighted by Crippen LogP contribution is -2.58. The number of amides is 10. The molecule has 117 heavy (non-hydrogen) atoms. The third-order valence-electron chi connectivity index (χ3n) is 18.7. The summed E-state index contributed by atoms with van der Waals surface area (Å²) in [4.78, 5) is 168. The normalized spacial score (nSPS) is 14.5. The number of hydrogen-bond donors (Lipinski definition) is 9. The van der Waals surface area contributed by atoms with Crippen LogP contribution < -0.4 is 37.2 Å². The number of methoxy groups -OCH3 is 1. The molecule has 0 spiro atoms. The smallest absolute Gasteiger partial charge is 0.303 e. The van der Waals surface area contributed by atoms with Gasteiger partial charge in [0.2, 0.25) is 41.4 Å². The molecule has 1 aliphatic rings. The first-order valence-electron chi connectivity index (χ1n) is 40.2. The second-order valence-corrected chi connectivity index (χ2v) is 30.4. The van der Waals surface area contributed by atoms with Gasteiger partial charge in [0.25, 0.3) is 17.7 Å². The first-order valence-corrected chi connectivity index (χ1v) is 41.1. The van der Waals surface area contributed by atoms with Gasteiger partial charge in [0, 0.05) is 83.0 Å². The predicted molar refractivity (Wildman–Crippen MR) is 432 cm³/mol. The van der Waals surface area contributed by atoms with Crippen LogP contribution in [0.15, 0.2) is 35.7 Å². The molecule has 37 heteroatoms. The number of nitrogens with zero attached hydrogens (tertiary/aromatic N) is 4. The number of esters is 1. The first-order chi connectivity index (χ1) is 55.8. The zero-order valence-corrected chi connectivity index (χ0v) is 71.6. The SMILES string of the molecule is CC[C@H](C)[C@H](NC(=O)[C@H](C(C)C)N(C)C)C(=O)N(C)[C@H](C[C@@H](OC(C)=O)c1nc(C(=O)N[C@H](CCC(=O)O)Cc2ccc(O)c(NC(=O)[C@H](C)NC(=O)[C@@H](NC(=O)[C@H](CCCCNC(=O)COCCOCCOCCOCCOCCOCCOCCOCCOCCOC)NC(=O)CCCN3C(=O)C=CC3=O)C(C)C)c2)cs1)C(C)C. The Morgan fingerprint density at radius 2 is 1.13 bits per heavy atom. The second kappa shape index (κ2) is 58.6. The molecular weight excluding hydrogens is 1550 g/mol. The van der Waals surface area contributed by atoms with Crippen molar-refractivity contribution in [1.82, 2.24) is 51.6 Å². The summed E-state index contributed by atoms with van der Waals surface area (Å²) in [5.41, 5.74) is 0.269. The fraction of sp³-hybridized carbons (Fsp3) is 0.713. The van der Waals surface area contributed by atoms with E-state index in [1.54, 1.807) is 47.0 Å². The number of phenolic OH excluding ortho intramolecular Hbond substituents is 1. The fourth-order valence-electron chi connectivity index (χ4n) is 12.2. The van der Waals surface area contributed by atoms with Crippen LogP contribution in [0.2, 0.25) is 0 Å². The van der Waals surface area contributed by atoms with E-state index in [2.05, 4.69) is 42.2 Å². The van der Waals surface area contributed by atoms with Crippen LogP contribution in [0.25, 0.3) is 0 Å². The Kier molecular flexibility index (Phi) is 51.6. The lowest BCUT2D eigenvalue weighted by Gasteiger charge is -2.37. The number of unbranched alkanes of at least 4 members (excludes halogenated alkanes) is 1. The third-order valence-corrected chi connectivity index (χ3v) is 19.6. The van der Waals surface area contributed by atoms with E-state index in [1.807, 2.05) is 46.4 Å². The van der Waals surface area contributed by atoms with Gasteiger partial charge in [-0.05, 0) is 101 Å². The van der Waals surface area contributed by atoms with Crippen LogP contribution in [0.1, 0.15) is 154 Å². The van der Waals surface area contributed by atoms with E-state index >= 15 is 0 Å². The minimum absolute atomic E-state index is 0.0115. The maximum Gasteiger partial charge on any atom is 0.303 e. The maximum atomic E-state index is 14.5. The Labute approximate surface area is 691 Å². The molecule has 36 nitrogen and oxygen atoms in total. The Morgan fingerprint density at radius 1 is 0.590 bits per heavy atom. The molecule has 0 unspecified atom stereocenters. The van der Waals surface area contributed by atoms with Crippen molar-refractivity contribution in [2.75, 3.05) is 172 Å². The fourth-order valence-corrected chi connectivity index (χ4v) is 13.0. The number of carboxylic acid groups (broad SMARTS) is 1. The molecule has 9 N–H and O–H groups in total. The molecule has 2 aromatic rings. The number of anilines is 1. The summed E-state index contributed by atoms with van der Waals surface area (Å²) in [7, 11) is 6.87. The predicted octanol–water partition coefficient (Wildman–Crippen LogP) is 3.51. The summed E-state index contributed by atoms with van der Waals surface area (Å²) in [6.07, 6.45) is 2.10. The van der Waals surface area contributed by atoms with Gasteiger partial charge in [0.15, 0.2) is 6.10 Å². The molecule has 0 saturated heterocycles. The van der Waals surface area contributed by atoms with E-state index in [9.17, 15) is 67.7 Å². The van der Waals surface area contributed by atoms with Gasteiger partial charge >= 0.3 is 11.9 Å². The quantitative estimate of drug-likeness (QED) is 0.0198. The van der Waals surface area contributed by atoms with Gasteiger partial charge < -0.3 is 104 Å². The number of hydrogen-bond acceptors (Lipinski definition) is 27. The highest BCUT2D eigenvalue weighted by Gasteiger charge is 2.38. The largest absolute Gasteiger partial charge is 0.506 e. The van der Waals surface area contributed by atoms with E-state index in [0.29, 0.717) is 131 Å². The van der Waals surface area contributed by atoms with Gasteiger partial charge in [-0.25, -0.2) is 4.98 Å². The molecule has 1 aliphatic heterocycles. The molecule has 0 fully saturated rings. The molecule has 0 bridgehead atoms. The van der Waals surface area contributed by atoms with Crippen LogP contribution in [-0.4, -0.2) is 310 Å². The van der Waals surface area contributed by atoms with Crippen molar-refractivity contribution >= 4 is 88.0 Å². The molecule has 0 saturated carbocycles. The molecule has 2 heterocycles. The molecule has 0 aliphatic carbocycles. The molecule has 1 aromatic heterocycles. The number of aromatic nitrogens is 1. The molecule has 0 radical (unpaired) electrons. The minimum atomic E-state index is -1.29. The number of imide groups is 1.